The predicted molar refractivity (Wildman–Crippen MR) is 55.7 cm³/mol. The maximum absolute atomic E-state index is 12.2. The molecule has 0 N–H and O–H groups in total. The van der Waals surface area contributed by atoms with E-state index in [4.69, 9.17) is 9.47 Å². The molecular formula is C11H17NO4. The zero-order valence-corrected chi connectivity index (χ0v) is 9.53. The van der Waals surface area contributed by atoms with Crippen molar-refractivity contribution < 1.29 is 19.1 Å². The summed E-state index contributed by atoms with van der Waals surface area (Å²) in [6, 6.07) is 0. The average molecular weight is 227 g/mol. The summed E-state index contributed by atoms with van der Waals surface area (Å²) in [5, 5.41) is 0. The summed E-state index contributed by atoms with van der Waals surface area (Å²) in [5.41, 5.74) is -0.862. The molecule has 1 heterocycles. The van der Waals surface area contributed by atoms with Gasteiger partial charge in [-0.25, -0.2) is 0 Å². The maximum Gasteiger partial charge on any atom is 0.321 e. The van der Waals surface area contributed by atoms with E-state index in [1.807, 2.05) is 0 Å². The number of hydrogen-bond acceptors (Lipinski definition) is 4. The van der Waals surface area contributed by atoms with Gasteiger partial charge in [0.05, 0.1) is 13.7 Å². The van der Waals surface area contributed by atoms with Gasteiger partial charge in [0.15, 0.2) is 0 Å². The molecule has 0 atom stereocenters. The molecule has 1 saturated carbocycles. The molecule has 90 valence electrons. The number of rotatable bonds is 2. The lowest BCUT2D eigenvalue weighted by Gasteiger charge is -2.23. The van der Waals surface area contributed by atoms with Crippen molar-refractivity contribution in [1.29, 1.82) is 0 Å². The van der Waals surface area contributed by atoms with Crippen molar-refractivity contribution >= 4 is 11.9 Å². The standard InChI is InChI=1S/C11H17NO4/c1-15-10(14)11(3-4-11)9(13)12-5-2-7-16-8-6-12/h2-8H2,1H3. The lowest BCUT2D eigenvalue weighted by atomic mass is 10.1. The van der Waals surface area contributed by atoms with Gasteiger partial charge in [0.1, 0.15) is 5.41 Å². The van der Waals surface area contributed by atoms with Crippen LogP contribution in [0.25, 0.3) is 0 Å². The molecule has 2 rings (SSSR count). The van der Waals surface area contributed by atoms with Gasteiger partial charge >= 0.3 is 5.97 Å². The summed E-state index contributed by atoms with van der Waals surface area (Å²) in [4.78, 5) is 25.5. The Hall–Kier alpha value is -1.10. The minimum absolute atomic E-state index is 0.0788. The first-order valence-corrected chi connectivity index (χ1v) is 5.66. The number of methoxy groups -OCH3 is 1. The third-order valence-electron chi connectivity index (χ3n) is 3.24. The molecule has 0 spiro atoms. The summed E-state index contributed by atoms with van der Waals surface area (Å²) >= 11 is 0. The number of carbonyl (C=O) groups excluding carboxylic acids is 2. The highest BCUT2D eigenvalue weighted by molar-refractivity contribution is 6.05. The topological polar surface area (TPSA) is 55.8 Å². The fourth-order valence-electron chi connectivity index (χ4n) is 2.08. The lowest BCUT2D eigenvalue weighted by Crippen LogP contribution is -2.42. The number of nitrogens with zero attached hydrogens (tertiary/aromatic N) is 1. The van der Waals surface area contributed by atoms with Crippen LogP contribution in [-0.4, -0.2) is 50.2 Å². The van der Waals surface area contributed by atoms with Gasteiger partial charge in [0.2, 0.25) is 5.91 Å². The molecule has 0 unspecified atom stereocenters. The summed E-state index contributed by atoms with van der Waals surface area (Å²) in [5.74, 6) is -0.465. The third kappa shape index (κ3) is 1.91. The summed E-state index contributed by atoms with van der Waals surface area (Å²) in [6.45, 7) is 2.51. The van der Waals surface area contributed by atoms with Gasteiger partial charge in [-0.05, 0) is 19.3 Å². The van der Waals surface area contributed by atoms with E-state index in [0.717, 1.165) is 6.42 Å². The molecule has 1 amide bonds. The van der Waals surface area contributed by atoms with Crippen molar-refractivity contribution in [3.8, 4) is 0 Å². The molecule has 2 aliphatic rings. The normalized spacial score (nSPS) is 23.4. The second kappa shape index (κ2) is 4.41. The number of hydrogen-bond donors (Lipinski definition) is 0. The highest BCUT2D eigenvalue weighted by Crippen LogP contribution is 2.48. The lowest BCUT2D eigenvalue weighted by molar-refractivity contribution is -0.156. The van der Waals surface area contributed by atoms with E-state index in [-0.39, 0.29) is 11.9 Å². The fourth-order valence-corrected chi connectivity index (χ4v) is 2.08. The molecule has 1 aliphatic carbocycles. The van der Waals surface area contributed by atoms with Crippen LogP contribution < -0.4 is 0 Å². The first-order chi connectivity index (χ1) is 7.70. The smallest absolute Gasteiger partial charge is 0.321 e. The van der Waals surface area contributed by atoms with E-state index >= 15 is 0 Å². The monoisotopic (exact) mass is 227 g/mol. The maximum atomic E-state index is 12.2. The Labute approximate surface area is 94.7 Å². The van der Waals surface area contributed by atoms with Gasteiger partial charge in [-0.2, -0.15) is 0 Å². The SMILES string of the molecule is COC(=O)C1(C(=O)N2CCCOCC2)CC1. The van der Waals surface area contributed by atoms with E-state index in [2.05, 4.69) is 0 Å². The van der Waals surface area contributed by atoms with Crippen LogP contribution in [0.4, 0.5) is 0 Å². The van der Waals surface area contributed by atoms with Crippen LogP contribution >= 0.6 is 0 Å². The molecule has 5 heteroatoms. The van der Waals surface area contributed by atoms with Crippen LogP contribution in [0.2, 0.25) is 0 Å². The first kappa shape index (κ1) is 11.4. The molecule has 1 aliphatic heterocycles. The third-order valence-corrected chi connectivity index (χ3v) is 3.24. The Morgan fingerprint density at radius 3 is 2.62 bits per heavy atom. The Bertz CT molecular complexity index is 290. The van der Waals surface area contributed by atoms with Gasteiger partial charge in [-0.15, -0.1) is 0 Å². The second-order valence-corrected chi connectivity index (χ2v) is 4.33. The van der Waals surface area contributed by atoms with Crippen LogP contribution in [0.15, 0.2) is 0 Å². The molecule has 2 fully saturated rings. The molecule has 5 nitrogen and oxygen atoms in total. The molecule has 0 bridgehead atoms. The summed E-state index contributed by atoms with van der Waals surface area (Å²) in [6.07, 6.45) is 2.08. The molecule has 16 heavy (non-hydrogen) atoms. The van der Waals surface area contributed by atoms with Gasteiger partial charge in [-0.3, -0.25) is 9.59 Å². The second-order valence-electron chi connectivity index (χ2n) is 4.33. The van der Waals surface area contributed by atoms with Crippen LogP contribution in [0.5, 0.6) is 0 Å². The van der Waals surface area contributed by atoms with Crippen LogP contribution in [0, 0.1) is 5.41 Å². The fraction of sp³-hybridized carbons (Fsp3) is 0.818. The average Bonchev–Trinajstić information content (AvgIpc) is 3.11. The van der Waals surface area contributed by atoms with Crippen molar-refractivity contribution in [2.45, 2.75) is 19.3 Å². The molecule has 1 saturated heterocycles. The van der Waals surface area contributed by atoms with Gasteiger partial charge in [-0.1, -0.05) is 0 Å². The highest BCUT2D eigenvalue weighted by atomic mass is 16.5. The molecule has 0 aromatic rings. The zero-order valence-electron chi connectivity index (χ0n) is 9.53. The van der Waals surface area contributed by atoms with E-state index in [9.17, 15) is 9.59 Å². The van der Waals surface area contributed by atoms with Gasteiger partial charge in [0, 0.05) is 19.7 Å². The van der Waals surface area contributed by atoms with E-state index in [1.54, 1.807) is 4.90 Å². The number of esters is 1. The van der Waals surface area contributed by atoms with Crippen molar-refractivity contribution in [2.24, 2.45) is 5.41 Å². The molecule has 0 aromatic carbocycles. The van der Waals surface area contributed by atoms with Gasteiger partial charge in [0.25, 0.3) is 0 Å². The Morgan fingerprint density at radius 1 is 1.25 bits per heavy atom. The van der Waals surface area contributed by atoms with Crippen molar-refractivity contribution in [3.05, 3.63) is 0 Å². The Morgan fingerprint density at radius 2 is 2.00 bits per heavy atom. The minimum Gasteiger partial charge on any atom is -0.468 e. The van der Waals surface area contributed by atoms with E-state index < -0.39 is 5.41 Å². The van der Waals surface area contributed by atoms with Crippen molar-refractivity contribution in [1.82, 2.24) is 4.90 Å². The quantitative estimate of drug-likeness (QED) is 0.499. The van der Waals surface area contributed by atoms with Crippen LogP contribution in [-0.2, 0) is 19.1 Å². The van der Waals surface area contributed by atoms with E-state index in [1.165, 1.54) is 7.11 Å². The minimum atomic E-state index is -0.862. The summed E-state index contributed by atoms with van der Waals surface area (Å²) in [7, 11) is 1.33. The molecular weight excluding hydrogens is 210 g/mol. The van der Waals surface area contributed by atoms with Crippen molar-refractivity contribution in [2.75, 3.05) is 33.4 Å². The zero-order chi connectivity index (χ0) is 11.6. The molecule has 0 aromatic heterocycles. The number of amides is 1. The number of ether oxygens (including phenoxy) is 2. The van der Waals surface area contributed by atoms with Gasteiger partial charge < -0.3 is 14.4 Å². The van der Waals surface area contributed by atoms with Crippen LogP contribution in [0.1, 0.15) is 19.3 Å². The summed E-state index contributed by atoms with van der Waals surface area (Å²) < 4.78 is 9.99. The Balaban J connectivity index is 2.03. The van der Waals surface area contributed by atoms with Crippen molar-refractivity contribution in [3.63, 3.8) is 0 Å². The number of carbonyl (C=O) groups is 2. The molecule has 0 radical (unpaired) electrons. The largest absolute Gasteiger partial charge is 0.468 e. The predicted octanol–water partition coefficient (Wildman–Crippen LogP) is 0.188. The van der Waals surface area contributed by atoms with E-state index in [0.29, 0.717) is 39.1 Å². The van der Waals surface area contributed by atoms with Crippen LogP contribution in [0.3, 0.4) is 0 Å². The highest BCUT2D eigenvalue weighted by Gasteiger charge is 2.59. The first-order valence-electron chi connectivity index (χ1n) is 5.66. The Kier molecular flexibility index (Phi) is 3.14.